The Hall–Kier alpha value is -9.00. The topological polar surface area (TPSA) is 31.4 Å². The van der Waals surface area contributed by atoms with E-state index >= 15 is 0 Å². The third-order valence-electron chi connectivity index (χ3n) is 20.0. The number of ether oxygens (including phenoxy) is 2. The van der Waals surface area contributed by atoms with E-state index in [-0.39, 0.29) is 10.8 Å². The Morgan fingerprint density at radius 3 is 1.33 bits per heavy atom. The monoisotopic (exact) mass is 1180 g/mol. The van der Waals surface area contributed by atoms with Crippen LogP contribution < -0.4 is 60.9 Å². The van der Waals surface area contributed by atoms with Crippen molar-refractivity contribution in [2.24, 2.45) is 0 Å². The van der Waals surface area contributed by atoms with Crippen molar-refractivity contribution in [2.45, 2.75) is 38.5 Å². The maximum atomic E-state index is 7.99. The molecule has 2 atom stereocenters. The first kappa shape index (κ1) is 48.3. The highest BCUT2D eigenvalue weighted by atomic mass is 32.4. The van der Waals surface area contributed by atoms with Crippen molar-refractivity contribution < 1.29 is 9.47 Å². The van der Waals surface area contributed by atoms with Crippen molar-refractivity contribution >= 4 is 147 Å². The number of anilines is 12. The van der Waals surface area contributed by atoms with Crippen LogP contribution in [0.15, 0.2) is 231 Å². The summed E-state index contributed by atoms with van der Waals surface area (Å²) in [6.07, 6.45) is 0. The number of benzene rings is 12. The zero-order valence-electron chi connectivity index (χ0n) is 47.3. The zero-order chi connectivity index (χ0) is 57.1. The predicted octanol–water partition coefficient (Wildman–Crippen LogP) is 18.3. The predicted molar refractivity (Wildman–Crippen MR) is 364 cm³/mol. The molecule has 10 heteroatoms. The van der Waals surface area contributed by atoms with Crippen molar-refractivity contribution in [3.8, 4) is 45.3 Å². The first-order valence-corrected chi connectivity index (χ1v) is 35.2. The van der Waals surface area contributed by atoms with E-state index in [0.717, 1.165) is 123 Å². The number of nitrogens with zero attached hydrogens (tertiary/aromatic N) is 4. The second-order valence-corrected chi connectivity index (χ2v) is 33.4. The molecule has 408 valence electrons. The van der Waals surface area contributed by atoms with E-state index < -0.39 is 12.1 Å². The van der Waals surface area contributed by atoms with Crippen LogP contribution in [0.3, 0.4) is 0 Å². The van der Waals surface area contributed by atoms with Crippen LogP contribution in [0, 0.1) is 0 Å². The first-order valence-electron chi connectivity index (χ1n) is 29.6. The maximum absolute atomic E-state index is 7.99. The highest BCUT2D eigenvalue weighted by Crippen LogP contribution is 2.74. The summed E-state index contributed by atoms with van der Waals surface area (Å²) in [6.45, 7) is 9.60. The van der Waals surface area contributed by atoms with Gasteiger partial charge in [-0.1, -0.05) is 185 Å². The fraction of sp³-hybridized carbons (Fsp3) is 0.0789. The Morgan fingerprint density at radius 1 is 0.326 bits per heavy atom. The van der Waals surface area contributed by atoms with E-state index in [1.807, 2.05) is 0 Å². The fourth-order valence-corrected chi connectivity index (χ4v) is 27.1. The lowest BCUT2D eigenvalue weighted by molar-refractivity contribution is 0.488. The van der Waals surface area contributed by atoms with E-state index in [4.69, 9.17) is 33.1 Å². The molecule has 0 aromatic heterocycles. The van der Waals surface area contributed by atoms with Crippen LogP contribution >= 0.6 is 12.1 Å². The van der Waals surface area contributed by atoms with Gasteiger partial charge in [0.1, 0.15) is 23.0 Å². The molecule has 0 spiro atoms. The van der Waals surface area contributed by atoms with Crippen LogP contribution in [0.25, 0.3) is 33.0 Å². The quantitative estimate of drug-likeness (QED) is 0.161. The van der Waals surface area contributed by atoms with Crippen LogP contribution in [-0.4, -0.2) is 0 Å². The van der Waals surface area contributed by atoms with Crippen molar-refractivity contribution in [1.29, 1.82) is 0 Å². The van der Waals surface area contributed by atoms with Gasteiger partial charge in [-0.15, -0.1) is 0 Å². The molecular formula is C76H50N4O2P2S2. The average Bonchev–Trinajstić information content (AvgIpc) is 0.891. The Labute approximate surface area is 508 Å². The standard InChI is InChI=1S/C76H50N4O2P2S2/c1-75(2)52-33-19-17-31-48(52)50-41-58-71-66(63(50)75)80(47-29-15-8-16-30-47)56-37-22-38-59-70(56)84(71,86)72-57(77(58)44-23-9-5-10-24-44)39-43-40-60-73-65(62(43)68(72)82-59)78(45-25-11-6-12-26-45)54-35-21-36-55-69(54)83(73,85)74-61(81-60)42-51-49-32-18-20-34-53(49)76(3,4)64(51)67(74)79(55)46-27-13-7-14-28-46/h5-42H,1-4H3. The van der Waals surface area contributed by atoms with Gasteiger partial charge in [0.05, 0.1) is 84.2 Å². The number of fused-ring (bicyclic) bond motifs is 11. The molecule has 0 saturated heterocycles. The number of hydrogen-bond acceptors (Lipinski definition) is 8. The molecule has 2 aliphatic carbocycles. The summed E-state index contributed by atoms with van der Waals surface area (Å²) in [5.74, 6) is 3.18. The molecule has 2 unspecified atom stereocenters. The minimum Gasteiger partial charge on any atom is -0.456 e. The Kier molecular flexibility index (Phi) is 9.03. The lowest BCUT2D eigenvalue weighted by Gasteiger charge is -2.52. The summed E-state index contributed by atoms with van der Waals surface area (Å²) in [6, 6.07) is 78.4. The molecular weight excluding hydrogens is 1130 g/mol. The first-order chi connectivity index (χ1) is 42.0. The third kappa shape index (κ3) is 5.51. The molecule has 0 saturated carbocycles. The van der Waals surface area contributed by atoms with Crippen LogP contribution in [0.5, 0.6) is 23.0 Å². The molecule has 0 amide bonds. The van der Waals surface area contributed by atoms with E-state index in [2.05, 4.69) is 278 Å². The van der Waals surface area contributed by atoms with Gasteiger partial charge >= 0.3 is 0 Å². The normalized spacial score (nSPS) is 19.2. The van der Waals surface area contributed by atoms with Gasteiger partial charge in [0, 0.05) is 44.2 Å². The molecule has 86 heavy (non-hydrogen) atoms. The van der Waals surface area contributed by atoms with Crippen LogP contribution in [0.1, 0.15) is 49.9 Å². The maximum Gasteiger partial charge on any atom is 0.148 e. The molecule has 6 nitrogen and oxygen atoms in total. The second kappa shape index (κ2) is 16.1. The van der Waals surface area contributed by atoms with E-state index in [1.165, 1.54) is 55.5 Å². The zero-order valence-corrected chi connectivity index (χ0v) is 50.7. The van der Waals surface area contributed by atoms with E-state index in [1.54, 1.807) is 0 Å². The smallest absolute Gasteiger partial charge is 0.148 e. The van der Waals surface area contributed by atoms with E-state index in [9.17, 15) is 0 Å². The molecule has 6 aliphatic heterocycles. The SMILES string of the molecule is CC1(C)c2ccccc2-c2cc3c4c(c21)N(c1ccccc1)c1cccc2c1P4(=S)c1c(cc4cc5c6c(c4c1N2c1ccccc1)Oc1cccc2c1P6(=S)c1c(cc4c(c1N2c1ccccc1)C(C)(C)c1ccccc1-4)N5c1ccccc1)O3. The van der Waals surface area contributed by atoms with Gasteiger partial charge < -0.3 is 29.1 Å². The lowest BCUT2D eigenvalue weighted by Crippen LogP contribution is -2.47. The average molecular weight is 1180 g/mol. The summed E-state index contributed by atoms with van der Waals surface area (Å²) in [7, 11) is 0. The molecule has 8 aliphatic rings. The molecule has 12 aromatic rings. The minimum atomic E-state index is -3.11. The van der Waals surface area contributed by atoms with Gasteiger partial charge in [-0.3, -0.25) is 0 Å². The lowest BCUT2D eigenvalue weighted by atomic mass is 9.81. The van der Waals surface area contributed by atoms with Crippen molar-refractivity contribution in [3.05, 3.63) is 253 Å². The molecule has 20 rings (SSSR count). The third-order valence-corrected chi connectivity index (χ3v) is 29.7. The number of rotatable bonds is 4. The molecule has 0 fully saturated rings. The van der Waals surface area contributed by atoms with Crippen LogP contribution in [-0.2, 0) is 34.4 Å². The van der Waals surface area contributed by atoms with Crippen molar-refractivity contribution in [1.82, 2.24) is 0 Å². The number of hydrogen-bond donors (Lipinski definition) is 0. The summed E-state index contributed by atoms with van der Waals surface area (Å²) >= 11 is 15.9. The van der Waals surface area contributed by atoms with Gasteiger partial charge in [0.15, 0.2) is 0 Å². The van der Waals surface area contributed by atoms with E-state index in [0.29, 0.717) is 0 Å². The van der Waals surface area contributed by atoms with Crippen LogP contribution in [0.4, 0.5) is 68.2 Å². The Morgan fingerprint density at radius 2 is 0.756 bits per heavy atom. The minimum absolute atomic E-state index is 0.371. The van der Waals surface area contributed by atoms with Crippen molar-refractivity contribution in [3.63, 3.8) is 0 Å². The highest BCUT2D eigenvalue weighted by molar-refractivity contribution is 8.27. The molecule has 6 heterocycles. The second-order valence-electron chi connectivity index (χ2n) is 25.0. The molecule has 12 aromatic carbocycles. The van der Waals surface area contributed by atoms with Gasteiger partial charge in [-0.05, 0) is 147 Å². The summed E-state index contributed by atoms with van der Waals surface area (Å²) in [5.41, 5.74) is 22.2. The number of para-hydroxylation sites is 4. The Bertz CT molecular complexity index is 5280. The van der Waals surface area contributed by atoms with Gasteiger partial charge in [0.2, 0.25) is 0 Å². The fourth-order valence-electron chi connectivity index (χ4n) is 16.8. The van der Waals surface area contributed by atoms with Gasteiger partial charge in [0.25, 0.3) is 0 Å². The summed E-state index contributed by atoms with van der Waals surface area (Å²) < 4.78 is 15.8. The molecule has 0 N–H and O–H groups in total. The largest absolute Gasteiger partial charge is 0.456 e. The summed E-state index contributed by atoms with van der Waals surface area (Å²) in [5, 5.41) is 8.62. The molecule has 0 radical (unpaired) electrons. The van der Waals surface area contributed by atoms with Crippen molar-refractivity contribution in [2.75, 3.05) is 19.6 Å². The van der Waals surface area contributed by atoms with Crippen LogP contribution in [0.2, 0.25) is 0 Å². The summed E-state index contributed by atoms with van der Waals surface area (Å²) in [4.78, 5) is 10.1. The van der Waals surface area contributed by atoms with Gasteiger partial charge in [-0.25, -0.2) is 0 Å². The van der Waals surface area contributed by atoms with Gasteiger partial charge in [-0.2, -0.15) is 0 Å². The molecule has 0 bridgehead atoms. The highest BCUT2D eigenvalue weighted by Gasteiger charge is 2.58. The Balaban J connectivity index is 0.970.